The summed E-state index contributed by atoms with van der Waals surface area (Å²) in [5, 5.41) is 11.3. The van der Waals surface area contributed by atoms with Gasteiger partial charge in [-0.1, -0.05) is 42.8 Å². The van der Waals surface area contributed by atoms with Gasteiger partial charge in [0, 0.05) is 22.5 Å². The summed E-state index contributed by atoms with van der Waals surface area (Å²) in [5.41, 5.74) is 3.28. The minimum atomic E-state index is -3.26. The number of β-amino-alcohol motifs (C(OH)–C–C–N with tert-alkyl or cyclic N) is 1. The zero-order valence-electron chi connectivity index (χ0n) is 17.3. The number of hydrogen-bond acceptors (Lipinski definition) is 5. The Kier molecular flexibility index (Phi) is 5.64. The molecule has 2 aromatic rings. The molecular weight excluding hydrogens is 432 g/mol. The first-order valence-electron chi connectivity index (χ1n) is 9.95. The predicted octanol–water partition coefficient (Wildman–Crippen LogP) is 4.78. The van der Waals surface area contributed by atoms with Gasteiger partial charge in [-0.3, -0.25) is 0 Å². The number of nitrogens with zero attached hydrogens (tertiary/aromatic N) is 2. The van der Waals surface area contributed by atoms with Crippen molar-refractivity contribution < 1.29 is 13.5 Å². The Morgan fingerprint density at radius 2 is 1.45 bits per heavy atom. The monoisotopic (exact) mass is 454 g/mol. The molecule has 3 aliphatic rings. The lowest BCUT2D eigenvalue weighted by atomic mass is 9.95. The highest BCUT2D eigenvalue weighted by Crippen LogP contribution is 2.31. The highest BCUT2D eigenvalue weighted by atomic mass is 35.5. The largest absolute Gasteiger partial charge is 0.368 e. The average molecular weight is 455 g/mol. The van der Waals surface area contributed by atoms with E-state index in [1.54, 1.807) is 36.4 Å². The van der Waals surface area contributed by atoms with Gasteiger partial charge < -0.3 is 10.0 Å². The second-order valence-electron chi connectivity index (χ2n) is 7.71. The minimum Gasteiger partial charge on any atom is -0.368 e. The fourth-order valence-corrected chi connectivity index (χ4v) is 4.14. The number of aliphatic hydroxyl groups is 1. The fraction of sp³-hybridized carbons (Fsp3) is 0.208. The van der Waals surface area contributed by atoms with Gasteiger partial charge in [0.05, 0.1) is 11.4 Å². The topological polar surface area (TPSA) is 70.0 Å². The smallest absolute Gasteiger partial charge is 0.176 e. The van der Waals surface area contributed by atoms with E-state index < -0.39 is 15.6 Å². The molecule has 0 saturated carbocycles. The summed E-state index contributed by atoms with van der Waals surface area (Å²) in [5.74, 6) is 0.603. The lowest BCUT2D eigenvalue weighted by molar-refractivity contribution is 0.0633. The van der Waals surface area contributed by atoms with Crippen LogP contribution >= 0.6 is 11.6 Å². The van der Waals surface area contributed by atoms with Crippen molar-refractivity contribution in [2.45, 2.75) is 24.0 Å². The van der Waals surface area contributed by atoms with Crippen LogP contribution in [0.5, 0.6) is 0 Å². The van der Waals surface area contributed by atoms with Crippen LogP contribution in [0.4, 0.5) is 5.69 Å². The predicted molar refractivity (Wildman–Crippen MR) is 126 cm³/mol. The van der Waals surface area contributed by atoms with Gasteiger partial charge in [0.1, 0.15) is 5.84 Å². The first-order chi connectivity index (χ1) is 14.7. The molecule has 1 unspecified atom stereocenters. The standard InChI is InChI=1S/C18H19ClN2O3S.C6H4/c1-3-18(22)12-21(15-8-6-14(19)7-9-15)17(20-18)13-4-10-16(11-5-13)25(2,23)24;1-2-6-4-3-5(1)6/h4-11,22H,3,12H2,1-2H3;1-4H. The Morgan fingerprint density at radius 3 is 1.87 bits per heavy atom. The molecule has 0 aromatic heterocycles. The Balaban J connectivity index is 0.000000325. The molecule has 0 spiro atoms. The second-order valence-corrected chi connectivity index (χ2v) is 10.2. The third-order valence-corrected chi connectivity index (χ3v) is 6.82. The number of halogens is 1. The average Bonchev–Trinajstić information content (AvgIpc) is 3.09. The van der Waals surface area contributed by atoms with E-state index in [0.29, 0.717) is 23.8 Å². The van der Waals surface area contributed by atoms with Crippen molar-refractivity contribution in [1.82, 2.24) is 0 Å². The van der Waals surface area contributed by atoms with Crippen LogP contribution in [0, 0.1) is 0 Å². The van der Waals surface area contributed by atoms with Crippen LogP contribution in [0.25, 0.3) is 11.1 Å². The number of sulfone groups is 1. The SMILES string of the molecule is CCC1(O)CN(c2ccc(Cl)cc2)C(c2ccc(S(C)(=O)=O)cc2)=N1.c1cc2ccc1-2. The zero-order chi connectivity index (χ0) is 22.2. The molecule has 2 aliphatic carbocycles. The van der Waals surface area contributed by atoms with E-state index in [4.69, 9.17) is 11.6 Å². The van der Waals surface area contributed by atoms with Gasteiger partial charge in [-0.25, -0.2) is 13.4 Å². The third kappa shape index (κ3) is 4.51. The number of aliphatic imine (C=N–C) groups is 1. The minimum absolute atomic E-state index is 0.249. The van der Waals surface area contributed by atoms with Gasteiger partial charge in [-0.2, -0.15) is 0 Å². The molecule has 2 aromatic carbocycles. The van der Waals surface area contributed by atoms with Crippen LogP contribution in [0.3, 0.4) is 0 Å². The molecule has 160 valence electrons. The summed E-state index contributed by atoms with van der Waals surface area (Å²) in [7, 11) is -3.26. The number of benzene rings is 3. The van der Waals surface area contributed by atoms with Crippen molar-refractivity contribution in [3.8, 4) is 11.1 Å². The Bertz CT molecular complexity index is 1200. The van der Waals surface area contributed by atoms with E-state index in [1.165, 1.54) is 17.4 Å². The van der Waals surface area contributed by atoms with Crippen molar-refractivity contribution >= 4 is 33.0 Å². The number of fused-ring (bicyclic) bond motifs is 1. The van der Waals surface area contributed by atoms with Crippen LogP contribution in [0.15, 0.2) is 82.7 Å². The molecule has 7 heteroatoms. The molecule has 1 aliphatic heterocycles. The maximum absolute atomic E-state index is 11.6. The van der Waals surface area contributed by atoms with E-state index in [0.717, 1.165) is 11.3 Å². The zero-order valence-corrected chi connectivity index (χ0v) is 18.9. The molecule has 5 rings (SSSR count). The quantitative estimate of drug-likeness (QED) is 0.482. The lowest BCUT2D eigenvalue weighted by Gasteiger charge is -2.23. The number of amidine groups is 1. The van der Waals surface area contributed by atoms with Gasteiger partial charge in [-0.15, -0.1) is 0 Å². The molecule has 1 N–H and O–H groups in total. The molecule has 1 heterocycles. The summed E-state index contributed by atoms with van der Waals surface area (Å²) in [6.07, 6.45) is 1.65. The summed E-state index contributed by atoms with van der Waals surface area (Å²) in [6, 6.07) is 22.3. The molecule has 0 saturated heterocycles. The Labute approximate surface area is 187 Å². The summed E-state index contributed by atoms with van der Waals surface area (Å²) in [6.45, 7) is 2.20. The van der Waals surface area contributed by atoms with Gasteiger partial charge in [-0.05, 0) is 66.1 Å². The normalized spacial score (nSPS) is 18.8. The van der Waals surface area contributed by atoms with Crippen LogP contribution in [0.2, 0.25) is 5.02 Å². The second kappa shape index (κ2) is 8.11. The van der Waals surface area contributed by atoms with Gasteiger partial charge in [0.15, 0.2) is 15.6 Å². The van der Waals surface area contributed by atoms with E-state index in [-0.39, 0.29) is 4.90 Å². The van der Waals surface area contributed by atoms with Crippen LogP contribution in [-0.2, 0) is 9.84 Å². The molecular formula is C24H23ClN2O3S. The van der Waals surface area contributed by atoms with Crippen molar-refractivity contribution in [2.75, 3.05) is 17.7 Å². The number of hydrogen-bond donors (Lipinski definition) is 1. The maximum Gasteiger partial charge on any atom is 0.176 e. The molecule has 0 bridgehead atoms. The van der Waals surface area contributed by atoms with E-state index in [1.807, 2.05) is 24.0 Å². The van der Waals surface area contributed by atoms with E-state index in [2.05, 4.69) is 29.3 Å². The van der Waals surface area contributed by atoms with Crippen molar-refractivity contribution in [1.29, 1.82) is 0 Å². The van der Waals surface area contributed by atoms with Crippen molar-refractivity contribution in [3.63, 3.8) is 0 Å². The van der Waals surface area contributed by atoms with Gasteiger partial charge in [0.25, 0.3) is 0 Å². The molecule has 0 fully saturated rings. The van der Waals surface area contributed by atoms with Crippen LogP contribution < -0.4 is 4.90 Å². The first-order valence-corrected chi connectivity index (χ1v) is 12.2. The highest BCUT2D eigenvalue weighted by Gasteiger charge is 2.37. The van der Waals surface area contributed by atoms with Crippen molar-refractivity contribution in [2.24, 2.45) is 4.99 Å². The highest BCUT2D eigenvalue weighted by molar-refractivity contribution is 7.90. The number of anilines is 1. The maximum atomic E-state index is 11.6. The molecule has 0 amide bonds. The Morgan fingerprint density at radius 1 is 0.935 bits per heavy atom. The van der Waals surface area contributed by atoms with E-state index >= 15 is 0 Å². The van der Waals surface area contributed by atoms with Crippen LogP contribution in [-0.4, -0.2) is 37.9 Å². The molecule has 0 radical (unpaired) electrons. The summed E-state index contributed by atoms with van der Waals surface area (Å²) < 4.78 is 23.3. The van der Waals surface area contributed by atoms with Gasteiger partial charge >= 0.3 is 0 Å². The number of rotatable bonds is 4. The third-order valence-electron chi connectivity index (χ3n) is 5.44. The Hall–Kier alpha value is -2.67. The van der Waals surface area contributed by atoms with E-state index in [9.17, 15) is 13.5 Å². The summed E-state index contributed by atoms with van der Waals surface area (Å²) in [4.78, 5) is 6.66. The first kappa shape index (κ1) is 21.6. The summed E-state index contributed by atoms with van der Waals surface area (Å²) >= 11 is 5.96. The van der Waals surface area contributed by atoms with Crippen LogP contribution in [0.1, 0.15) is 18.9 Å². The molecule has 31 heavy (non-hydrogen) atoms. The lowest BCUT2D eigenvalue weighted by Crippen LogP contribution is -2.35. The molecule has 5 nitrogen and oxygen atoms in total. The molecule has 1 atom stereocenters. The fourth-order valence-electron chi connectivity index (χ4n) is 3.38. The van der Waals surface area contributed by atoms with Gasteiger partial charge in [0.2, 0.25) is 0 Å². The van der Waals surface area contributed by atoms with Crippen molar-refractivity contribution in [3.05, 3.63) is 83.4 Å².